The third-order valence-corrected chi connectivity index (χ3v) is 3.97. The van der Waals surface area contributed by atoms with E-state index in [0.29, 0.717) is 16.9 Å². The number of aryl methyl sites for hydroxylation is 1. The number of carbonyl (C=O) groups is 3. The average Bonchev–Trinajstić information content (AvgIpc) is 2.57. The SMILES string of the molecule is CC(=O)c1cccc(NC(=O)C(C)(C)C(=O)Nc2ccc(C)cc2)c1. The van der Waals surface area contributed by atoms with Crippen molar-refractivity contribution < 1.29 is 14.4 Å². The van der Waals surface area contributed by atoms with Crippen LogP contribution in [0.4, 0.5) is 11.4 Å². The normalized spacial score (nSPS) is 10.9. The number of nitrogens with one attached hydrogen (secondary N) is 2. The lowest BCUT2D eigenvalue weighted by Crippen LogP contribution is -2.41. The molecule has 2 amide bonds. The number of amides is 2. The first kappa shape index (κ1) is 18.4. The first-order valence-electron chi connectivity index (χ1n) is 8.01. The van der Waals surface area contributed by atoms with E-state index in [1.165, 1.54) is 6.92 Å². The summed E-state index contributed by atoms with van der Waals surface area (Å²) in [7, 11) is 0. The van der Waals surface area contributed by atoms with Crippen LogP contribution < -0.4 is 10.6 Å². The Morgan fingerprint density at radius 3 is 1.96 bits per heavy atom. The van der Waals surface area contributed by atoms with E-state index in [1.54, 1.807) is 50.2 Å². The first-order chi connectivity index (χ1) is 11.7. The van der Waals surface area contributed by atoms with Crippen LogP contribution in [0.15, 0.2) is 48.5 Å². The summed E-state index contributed by atoms with van der Waals surface area (Å²) in [5.41, 5.74) is 1.42. The van der Waals surface area contributed by atoms with E-state index < -0.39 is 17.2 Å². The minimum atomic E-state index is -1.28. The van der Waals surface area contributed by atoms with Gasteiger partial charge in [-0.25, -0.2) is 0 Å². The summed E-state index contributed by atoms with van der Waals surface area (Å²) in [5, 5.41) is 5.45. The summed E-state index contributed by atoms with van der Waals surface area (Å²) in [6.45, 7) is 6.53. The summed E-state index contributed by atoms with van der Waals surface area (Å²) in [6.07, 6.45) is 0. The van der Waals surface area contributed by atoms with E-state index >= 15 is 0 Å². The van der Waals surface area contributed by atoms with Crippen molar-refractivity contribution in [2.75, 3.05) is 10.6 Å². The second-order valence-corrected chi connectivity index (χ2v) is 6.54. The smallest absolute Gasteiger partial charge is 0.239 e. The Kier molecular flexibility index (Phi) is 5.37. The number of Topliss-reactive ketones (excluding diaryl/α,β-unsaturated/α-hetero) is 1. The van der Waals surface area contributed by atoms with Gasteiger partial charge in [-0.05, 0) is 52.0 Å². The second kappa shape index (κ2) is 7.30. The lowest BCUT2D eigenvalue weighted by atomic mass is 9.90. The molecule has 0 radical (unpaired) electrons. The molecule has 2 N–H and O–H groups in total. The van der Waals surface area contributed by atoms with Crippen LogP contribution in [0.25, 0.3) is 0 Å². The predicted molar refractivity (Wildman–Crippen MR) is 98.7 cm³/mol. The van der Waals surface area contributed by atoms with E-state index in [4.69, 9.17) is 0 Å². The molecule has 0 fully saturated rings. The molecule has 5 heteroatoms. The van der Waals surface area contributed by atoms with Gasteiger partial charge >= 0.3 is 0 Å². The number of ketones is 1. The molecule has 2 aromatic carbocycles. The van der Waals surface area contributed by atoms with Crippen LogP contribution >= 0.6 is 0 Å². The molecule has 0 saturated carbocycles. The minimum Gasteiger partial charge on any atom is -0.325 e. The van der Waals surface area contributed by atoms with Crippen LogP contribution in [0, 0.1) is 12.3 Å². The van der Waals surface area contributed by atoms with Crippen LogP contribution in [0.2, 0.25) is 0 Å². The molecule has 0 spiro atoms. The quantitative estimate of drug-likeness (QED) is 0.643. The molecule has 0 aliphatic rings. The van der Waals surface area contributed by atoms with Crippen LogP contribution in [0.1, 0.15) is 36.7 Å². The van der Waals surface area contributed by atoms with Gasteiger partial charge in [-0.3, -0.25) is 14.4 Å². The molecule has 0 unspecified atom stereocenters. The van der Waals surface area contributed by atoms with Crippen molar-refractivity contribution in [1.82, 2.24) is 0 Å². The molecule has 130 valence electrons. The maximum absolute atomic E-state index is 12.5. The maximum Gasteiger partial charge on any atom is 0.239 e. The molecular weight excluding hydrogens is 316 g/mol. The molecule has 0 aliphatic carbocycles. The van der Waals surface area contributed by atoms with E-state index in [2.05, 4.69) is 10.6 Å². The summed E-state index contributed by atoms with van der Waals surface area (Å²) in [6, 6.07) is 14.0. The van der Waals surface area contributed by atoms with Gasteiger partial charge in [-0.15, -0.1) is 0 Å². The van der Waals surface area contributed by atoms with Crippen LogP contribution in [-0.4, -0.2) is 17.6 Å². The highest BCUT2D eigenvalue weighted by atomic mass is 16.2. The fraction of sp³-hybridized carbons (Fsp3) is 0.250. The Balaban J connectivity index is 2.10. The zero-order valence-electron chi connectivity index (χ0n) is 14.8. The second-order valence-electron chi connectivity index (χ2n) is 6.54. The highest BCUT2D eigenvalue weighted by molar-refractivity contribution is 6.14. The Labute approximate surface area is 147 Å². The van der Waals surface area contributed by atoms with E-state index in [-0.39, 0.29) is 5.78 Å². The average molecular weight is 338 g/mol. The van der Waals surface area contributed by atoms with Crippen molar-refractivity contribution in [3.63, 3.8) is 0 Å². The fourth-order valence-electron chi connectivity index (χ4n) is 2.13. The zero-order valence-corrected chi connectivity index (χ0v) is 14.8. The van der Waals surface area contributed by atoms with Gasteiger partial charge in [-0.2, -0.15) is 0 Å². The number of anilines is 2. The standard InChI is InChI=1S/C20H22N2O3/c1-13-8-10-16(11-9-13)21-18(24)20(3,4)19(25)22-17-7-5-6-15(12-17)14(2)23/h5-12H,1-4H3,(H,21,24)(H,22,25). The van der Waals surface area contributed by atoms with Crippen molar-refractivity contribution in [3.05, 3.63) is 59.7 Å². The van der Waals surface area contributed by atoms with Crippen molar-refractivity contribution in [1.29, 1.82) is 0 Å². The van der Waals surface area contributed by atoms with Gasteiger partial charge in [0, 0.05) is 16.9 Å². The van der Waals surface area contributed by atoms with Gasteiger partial charge in [0.15, 0.2) is 5.78 Å². The molecule has 0 aromatic heterocycles. The lowest BCUT2D eigenvalue weighted by Gasteiger charge is -2.23. The molecule has 0 aliphatic heterocycles. The third-order valence-electron chi connectivity index (χ3n) is 3.97. The van der Waals surface area contributed by atoms with Crippen molar-refractivity contribution >= 4 is 29.0 Å². The molecule has 5 nitrogen and oxygen atoms in total. The molecule has 0 heterocycles. The van der Waals surface area contributed by atoms with Gasteiger partial charge in [-0.1, -0.05) is 29.8 Å². The molecule has 0 bridgehead atoms. The van der Waals surface area contributed by atoms with Crippen LogP contribution in [0.3, 0.4) is 0 Å². The highest BCUT2D eigenvalue weighted by Crippen LogP contribution is 2.22. The number of hydrogen-bond acceptors (Lipinski definition) is 3. The number of carbonyl (C=O) groups excluding carboxylic acids is 3. The van der Waals surface area contributed by atoms with Gasteiger partial charge in [0.25, 0.3) is 0 Å². The summed E-state index contributed by atoms with van der Waals surface area (Å²) in [5.74, 6) is -0.943. The van der Waals surface area contributed by atoms with E-state index in [9.17, 15) is 14.4 Å². The van der Waals surface area contributed by atoms with E-state index in [0.717, 1.165) is 5.56 Å². The number of benzene rings is 2. The molecular formula is C20H22N2O3. The van der Waals surface area contributed by atoms with Gasteiger partial charge < -0.3 is 10.6 Å². The predicted octanol–water partition coefficient (Wildman–Crippen LogP) is 3.80. The number of hydrogen-bond donors (Lipinski definition) is 2. The monoisotopic (exact) mass is 338 g/mol. The summed E-state index contributed by atoms with van der Waals surface area (Å²) in [4.78, 5) is 36.5. The van der Waals surface area contributed by atoms with Crippen LogP contribution in [-0.2, 0) is 9.59 Å². The number of rotatable bonds is 5. The summed E-state index contributed by atoms with van der Waals surface area (Å²) >= 11 is 0. The largest absolute Gasteiger partial charge is 0.325 e. The van der Waals surface area contributed by atoms with Gasteiger partial charge in [0.1, 0.15) is 5.41 Å². The lowest BCUT2D eigenvalue weighted by molar-refractivity contribution is -0.135. The Bertz CT molecular complexity index is 808. The Morgan fingerprint density at radius 2 is 1.40 bits per heavy atom. The van der Waals surface area contributed by atoms with E-state index in [1.807, 2.05) is 19.1 Å². The van der Waals surface area contributed by atoms with Gasteiger partial charge in [0.2, 0.25) is 11.8 Å². The first-order valence-corrected chi connectivity index (χ1v) is 8.01. The molecule has 2 aromatic rings. The van der Waals surface area contributed by atoms with Crippen molar-refractivity contribution in [2.45, 2.75) is 27.7 Å². The third kappa shape index (κ3) is 4.53. The summed E-state index contributed by atoms with van der Waals surface area (Å²) < 4.78 is 0. The minimum absolute atomic E-state index is 0.0903. The molecule has 2 rings (SSSR count). The molecule has 0 saturated heterocycles. The maximum atomic E-state index is 12.5. The fourth-order valence-corrected chi connectivity index (χ4v) is 2.13. The molecule has 25 heavy (non-hydrogen) atoms. The topological polar surface area (TPSA) is 75.3 Å². The van der Waals surface area contributed by atoms with Crippen molar-refractivity contribution in [3.8, 4) is 0 Å². The highest BCUT2D eigenvalue weighted by Gasteiger charge is 2.36. The van der Waals surface area contributed by atoms with Crippen molar-refractivity contribution in [2.24, 2.45) is 5.41 Å². The molecule has 0 atom stereocenters. The zero-order chi connectivity index (χ0) is 18.6. The Morgan fingerprint density at radius 1 is 0.840 bits per heavy atom. The van der Waals surface area contributed by atoms with Gasteiger partial charge in [0.05, 0.1) is 0 Å². The Hall–Kier alpha value is -2.95. The van der Waals surface area contributed by atoms with Crippen LogP contribution in [0.5, 0.6) is 0 Å².